The lowest BCUT2D eigenvalue weighted by atomic mass is 9.65. The van der Waals surface area contributed by atoms with Crippen LogP contribution in [-0.2, 0) is 12.8 Å². The molecule has 0 bridgehead atoms. The van der Waals surface area contributed by atoms with Crippen LogP contribution in [0.4, 0.5) is 8.78 Å². The molecule has 2 aliphatic rings. The molecular weight excluding hydrogens is 460 g/mol. The van der Waals surface area contributed by atoms with Crippen LogP contribution in [0.15, 0.2) is 54.2 Å². The van der Waals surface area contributed by atoms with E-state index in [-0.39, 0.29) is 17.4 Å². The van der Waals surface area contributed by atoms with E-state index in [0.29, 0.717) is 31.2 Å². The van der Waals surface area contributed by atoms with Gasteiger partial charge in [-0.25, -0.2) is 13.5 Å². The average Bonchev–Trinajstić information content (AvgIpc) is 3.34. The van der Waals surface area contributed by atoms with Crippen LogP contribution in [0.3, 0.4) is 0 Å². The molecule has 1 amide bonds. The van der Waals surface area contributed by atoms with E-state index in [9.17, 15) is 18.7 Å². The van der Waals surface area contributed by atoms with Gasteiger partial charge in [0.1, 0.15) is 11.6 Å². The first-order valence-electron chi connectivity index (χ1n) is 12.5. The monoisotopic (exact) mass is 491 g/mol. The second kappa shape index (κ2) is 8.96. The largest absolute Gasteiger partial charge is 0.389 e. The Morgan fingerprint density at radius 1 is 1.19 bits per heavy atom. The van der Waals surface area contributed by atoms with Crippen LogP contribution in [0.2, 0.25) is 0 Å². The fourth-order valence-electron chi connectivity index (χ4n) is 5.83. The molecule has 2 aromatic carbocycles. The Morgan fingerprint density at radius 3 is 2.67 bits per heavy atom. The minimum atomic E-state index is -1.01. The Bertz CT molecular complexity index is 1350. The average molecular weight is 492 g/mol. The predicted molar refractivity (Wildman–Crippen MR) is 135 cm³/mol. The summed E-state index contributed by atoms with van der Waals surface area (Å²) < 4.78 is 29.9. The van der Waals surface area contributed by atoms with E-state index < -0.39 is 22.7 Å². The minimum absolute atomic E-state index is 0.0558. The SMILES string of the molecule is CC(C)NC(=O)c1c(F)cccc1CC[C@]1(O)CCC2=Cc3c(cnn3-c3ccc(F)cc3)C[C@@]21C. The highest BCUT2D eigenvalue weighted by molar-refractivity contribution is 5.96. The van der Waals surface area contributed by atoms with Gasteiger partial charge in [-0.05, 0) is 93.5 Å². The normalized spacial score (nSPS) is 22.8. The Kier molecular flexibility index (Phi) is 6.07. The van der Waals surface area contributed by atoms with Gasteiger partial charge < -0.3 is 10.4 Å². The van der Waals surface area contributed by atoms with E-state index >= 15 is 0 Å². The smallest absolute Gasteiger partial charge is 0.254 e. The number of carbonyl (C=O) groups is 1. The van der Waals surface area contributed by atoms with Crippen LogP contribution in [0, 0.1) is 17.0 Å². The van der Waals surface area contributed by atoms with Gasteiger partial charge in [-0.3, -0.25) is 4.79 Å². The summed E-state index contributed by atoms with van der Waals surface area (Å²) in [5.74, 6) is -1.28. The quantitative estimate of drug-likeness (QED) is 0.486. The molecule has 0 aliphatic heterocycles. The van der Waals surface area contributed by atoms with Crippen LogP contribution < -0.4 is 5.32 Å². The molecule has 2 N–H and O–H groups in total. The number of halogens is 2. The number of amides is 1. The number of nitrogens with one attached hydrogen (secondary N) is 1. The number of aryl methyl sites for hydroxylation is 1. The highest BCUT2D eigenvalue weighted by Gasteiger charge is 2.54. The molecule has 2 aliphatic carbocycles. The van der Waals surface area contributed by atoms with Crippen molar-refractivity contribution in [3.63, 3.8) is 0 Å². The molecule has 3 aromatic rings. The lowest BCUT2D eigenvalue weighted by Gasteiger charge is -2.42. The Labute approximate surface area is 209 Å². The van der Waals surface area contributed by atoms with Crippen molar-refractivity contribution >= 4 is 12.0 Å². The third-order valence-corrected chi connectivity index (χ3v) is 7.91. The first-order chi connectivity index (χ1) is 17.1. The summed E-state index contributed by atoms with van der Waals surface area (Å²) >= 11 is 0. The van der Waals surface area contributed by atoms with Gasteiger partial charge in [0.2, 0.25) is 0 Å². The molecule has 1 saturated carbocycles. The van der Waals surface area contributed by atoms with E-state index in [1.807, 2.05) is 24.7 Å². The third kappa shape index (κ3) is 4.05. The van der Waals surface area contributed by atoms with Gasteiger partial charge in [-0.2, -0.15) is 5.10 Å². The van der Waals surface area contributed by atoms with Crippen molar-refractivity contribution in [2.24, 2.45) is 5.41 Å². The van der Waals surface area contributed by atoms with Crippen molar-refractivity contribution < 1.29 is 18.7 Å². The molecule has 0 radical (unpaired) electrons. The van der Waals surface area contributed by atoms with Crippen molar-refractivity contribution in [1.82, 2.24) is 15.1 Å². The summed E-state index contributed by atoms with van der Waals surface area (Å²) in [5, 5.41) is 19.3. The maximum Gasteiger partial charge on any atom is 0.254 e. The lowest BCUT2D eigenvalue weighted by Crippen LogP contribution is -2.45. The highest BCUT2D eigenvalue weighted by Crippen LogP contribution is 2.56. The highest BCUT2D eigenvalue weighted by atomic mass is 19.1. The van der Waals surface area contributed by atoms with E-state index in [1.54, 1.807) is 24.3 Å². The number of hydrogen-bond acceptors (Lipinski definition) is 3. The van der Waals surface area contributed by atoms with Gasteiger partial charge in [-0.1, -0.05) is 24.6 Å². The molecule has 5 rings (SSSR count). The zero-order chi connectivity index (χ0) is 25.7. The van der Waals surface area contributed by atoms with Crippen molar-refractivity contribution in [2.75, 3.05) is 0 Å². The maximum absolute atomic E-state index is 14.7. The number of fused-ring (bicyclic) bond motifs is 2. The van der Waals surface area contributed by atoms with Crippen LogP contribution >= 0.6 is 0 Å². The fourth-order valence-corrected chi connectivity index (χ4v) is 5.83. The number of hydrogen-bond donors (Lipinski definition) is 2. The summed E-state index contributed by atoms with van der Waals surface area (Å²) in [6, 6.07) is 10.8. The second-order valence-electron chi connectivity index (χ2n) is 10.6. The molecule has 5 nitrogen and oxygen atoms in total. The number of aliphatic hydroxyl groups is 1. The molecule has 1 aromatic heterocycles. The van der Waals surface area contributed by atoms with Crippen LogP contribution in [0.5, 0.6) is 0 Å². The second-order valence-corrected chi connectivity index (χ2v) is 10.6. The summed E-state index contributed by atoms with van der Waals surface area (Å²) in [5.41, 5.74) is 3.06. The molecular formula is C29H31F2N3O2. The first-order valence-corrected chi connectivity index (χ1v) is 12.5. The van der Waals surface area contributed by atoms with Gasteiger partial charge in [-0.15, -0.1) is 0 Å². The van der Waals surface area contributed by atoms with Gasteiger partial charge >= 0.3 is 0 Å². The predicted octanol–water partition coefficient (Wildman–Crippen LogP) is 5.39. The number of carbonyl (C=O) groups excluding carboxylic acids is 1. The first kappa shape index (κ1) is 24.4. The van der Waals surface area contributed by atoms with Crippen molar-refractivity contribution in [1.29, 1.82) is 0 Å². The van der Waals surface area contributed by atoms with E-state index in [4.69, 9.17) is 0 Å². The van der Waals surface area contributed by atoms with Crippen molar-refractivity contribution in [3.05, 3.63) is 88.3 Å². The number of nitrogens with zero attached hydrogens (tertiary/aromatic N) is 2. The number of rotatable bonds is 6. The Balaban J connectivity index is 1.41. The maximum atomic E-state index is 14.7. The topological polar surface area (TPSA) is 67.2 Å². The summed E-state index contributed by atoms with van der Waals surface area (Å²) in [4.78, 5) is 12.7. The van der Waals surface area contributed by atoms with E-state index in [1.165, 1.54) is 18.2 Å². The van der Waals surface area contributed by atoms with Gasteiger partial charge in [0.25, 0.3) is 5.91 Å². The summed E-state index contributed by atoms with van der Waals surface area (Å²) in [7, 11) is 0. The molecule has 0 unspecified atom stereocenters. The molecule has 188 valence electrons. The zero-order valence-electron chi connectivity index (χ0n) is 20.8. The fraction of sp³-hybridized carbons (Fsp3) is 0.379. The Morgan fingerprint density at radius 2 is 1.94 bits per heavy atom. The van der Waals surface area contributed by atoms with Gasteiger partial charge in [0.05, 0.1) is 28.7 Å². The molecule has 36 heavy (non-hydrogen) atoms. The molecule has 7 heteroatoms. The van der Waals surface area contributed by atoms with Crippen LogP contribution in [0.1, 0.15) is 67.2 Å². The molecule has 1 fully saturated rings. The summed E-state index contributed by atoms with van der Waals surface area (Å²) in [6.45, 7) is 5.76. The number of benzene rings is 2. The summed E-state index contributed by atoms with van der Waals surface area (Å²) in [6.07, 6.45) is 6.67. The molecule has 0 saturated heterocycles. The third-order valence-electron chi connectivity index (χ3n) is 7.91. The van der Waals surface area contributed by atoms with Gasteiger partial charge in [0.15, 0.2) is 0 Å². The minimum Gasteiger partial charge on any atom is -0.389 e. The van der Waals surface area contributed by atoms with Crippen molar-refractivity contribution in [3.8, 4) is 5.69 Å². The standard InChI is InChI=1S/C29H31F2N3O2/c1-18(2)33-27(35)26-19(5-4-6-24(26)31)11-13-29(36)14-12-21-15-25-20(16-28(21,29)3)17-32-34(25)23-9-7-22(30)8-10-23/h4-10,15,17-18,36H,11-14,16H2,1-3H3,(H,33,35)/t28-,29-/m0/s1. The zero-order valence-corrected chi connectivity index (χ0v) is 20.8. The molecule has 2 atom stereocenters. The van der Waals surface area contributed by atoms with Crippen LogP contribution in [0.25, 0.3) is 11.8 Å². The van der Waals surface area contributed by atoms with E-state index in [2.05, 4.69) is 23.4 Å². The van der Waals surface area contributed by atoms with Gasteiger partial charge in [0, 0.05) is 11.5 Å². The van der Waals surface area contributed by atoms with E-state index in [0.717, 1.165) is 28.9 Å². The van der Waals surface area contributed by atoms with Crippen LogP contribution in [-0.4, -0.2) is 32.4 Å². The Hall–Kier alpha value is -3.32. The molecule has 0 spiro atoms. The lowest BCUT2D eigenvalue weighted by molar-refractivity contribution is -0.0462. The number of aromatic nitrogens is 2. The van der Waals surface area contributed by atoms with Crippen molar-refractivity contribution in [2.45, 2.75) is 64.5 Å². The molecule has 1 heterocycles.